The van der Waals surface area contributed by atoms with Gasteiger partial charge in [-0.15, -0.1) is 11.3 Å². The minimum Gasteiger partial charge on any atom is -0.322 e. The van der Waals surface area contributed by atoms with Crippen molar-refractivity contribution >= 4 is 34.0 Å². The summed E-state index contributed by atoms with van der Waals surface area (Å²) in [4.78, 5) is 28.9. The molecule has 5 nitrogen and oxygen atoms in total. The van der Waals surface area contributed by atoms with Crippen LogP contribution in [-0.4, -0.2) is 16.8 Å². The molecule has 4 rings (SSSR count). The van der Waals surface area contributed by atoms with Crippen molar-refractivity contribution in [1.82, 2.24) is 4.98 Å². The predicted molar refractivity (Wildman–Crippen MR) is 116 cm³/mol. The highest BCUT2D eigenvalue weighted by Gasteiger charge is 2.11. The number of nitrogens with one attached hydrogen (secondary N) is 2. The minimum atomic E-state index is -0.397. The van der Waals surface area contributed by atoms with Crippen LogP contribution in [0.1, 0.15) is 20.7 Å². The molecule has 7 heteroatoms. The van der Waals surface area contributed by atoms with Crippen LogP contribution in [0.15, 0.2) is 84.2 Å². The summed E-state index contributed by atoms with van der Waals surface area (Å²) in [5, 5.41) is 7.84. The van der Waals surface area contributed by atoms with Gasteiger partial charge in [0.1, 0.15) is 5.82 Å². The maximum atomic E-state index is 13.0. The molecule has 0 saturated heterocycles. The number of aromatic nitrogens is 1. The molecule has 0 radical (unpaired) electrons. The van der Waals surface area contributed by atoms with Crippen LogP contribution in [0, 0.1) is 5.82 Å². The quantitative estimate of drug-likeness (QED) is 0.453. The number of thiazole rings is 1. The second-order valence-corrected chi connectivity index (χ2v) is 7.25. The second-order valence-electron chi connectivity index (χ2n) is 6.40. The maximum absolute atomic E-state index is 13.0. The fourth-order valence-electron chi connectivity index (χ4n) is 2.75. The van der Waals surface area contributed by atoms with Crippen LogP contribution in [0.5, 0.6) is 0 Å². The van der Waals surface area contributed by atoms with Gasteiger partial charge in [-0.05, 0) is 48.5 Å². The molecule has 0 aliphatic carbocycles. The van der Waals surface area contributed by atoms with Crippen LogP contribution < -0.4 is 10.6 Å². The molecule has 0 aliphatic heterocycles. The minimum absolute atomic E-state index is 0.178. The smallest absolute Gasteiger partial charge is 0.257 e. The monoisotopic (exact) mass is 417 g/mol. The highest BCUT2D eigenvalue weighted by molar-refractivity contribution is 7.14. The average molecular weight is 417 g/mol. The van der Waals surface area contributed by atoms with Crippen molar-refractivity contribution in [3.63, 3.8) is 0 Å². The van der Waals surface area contributed by atoms with Crippen LogP contribution in [0.2, 0.25) is 0 Å². The number of benzene rings is 3. The summed E-state index contributed by atoms with van der Waals surface area (Å²) in [5.74, 6) is -0.927. The zero-order valence-electron chi connectivity index (χ0n) is 15.6. The normalized spacial score (nSPS) is 10.4. The molecule has 0 atom stereocenters. The Bertz CT molecular complexity index is 1170. The van der Waals surface area contributed by atoms with Gasteiger partial charge in [-0.2, -0.15) is 0 Å². The van der Waals surface area contributed by atoms with Gasteiger partial charge in [-0.25, -0.2) is 9.37 Å². The van der Waals surface area contributed by atoms with Gasteiger partial charge in [0.2, 0.25) is 0 Å². The lowest BCUT2D eigenvalue weighted by atomic mass is 10.1. The van der Waals surface area contributed by atoms with E-state index in [4.69, 9.17) is 0 Å². The third-order valence-electron chi connectivity index (χ3n) is 4.31. The van der Waals surface area contributed by atoms with Gasteiger partial charge in [0.15, 0.2) is 5.13 Å². The molecule has 0 fully saturated rings. The molecular weight excluding hydrogens is 401 g/mol. The number of carbonyl (C=O) groups is 2. The van der Waals surface area contributed by atoms with Crippen molar-refractivity contribution in [2.24, 2.45) is 0 Å². The first-order chi connectivity index (χ1) is 14.6. The van der Waals surface area contributed by atoms with E-state index in [9.17, 15) is 14.0 Å². The molecule has 0 saturated carbocycles. The van der Waals surface area contributed by atoms with Gasteiger partial charge in [0.25, 0.3) is 11.8 Å². The molecule has 0 aliphatic rings. The van der Waals surface area contributed by atoms with Crippen molar-refractivity contribution in [1.29, 1.82) is 0 Å². The molecule has 1 aromatic heterocycles. The summed E-state index contributed by atoms with van der Waals surface area (Å²) in [6.45, 7) is 0. The molecule has 148 valence electrons. The fourth-order valence-corrected chi connectivity index (χ4v) is 3.47. The number of carbonyl (C=O) groups excluding carboxylic acids is 2. The van der Waals surface area contributed by atoms with Crippen molar-refractivity contribution < 1.29 is 14.0 Å². The Morgan fingerprint density at radius 1 is 0.767 bits per heavy atom. The number of hydrogen-bond donors (Lipinski definition) is 2. The molecule has 1 heterocycles. The van der Waals surface area contributed by atoms with Crippen molar-refractivity contribution in [3.05, 3.63) is 101 Å². The number of rotatable bonds is 5. The van der Waals surface area contributed by atoms with E-state index in [1.54, 1.807) is 24.3 Å². The van der Waals surface area contributed by atoms with Gasteiger partial charge < -0.3 is 5.32 Å². The largest absolute Gasteiger partial charge is 0.322 e. The molecule has 0 bridgehead atoms. The van der Waals surface area contributed by atoms with E-state index in [2.05, 4.69) is 15.6 Å². The predicted octanol–water partition coefficient (Wildman–Crippen LogP) is 5.45. The Labute approximate surface area is 176 Å². The van der Waals surface area contributed by atoms with Gasteiger partial charge >= 0.3 is 0 Å². The number of amides is 2. The Balaban J connectivity index is 1.41. The zero-order valence-corrected chi connectivity index (χ0v) is 16.4. The summed E-state index contributed by atoms with van der Waals surface area (Å²) in [6, 6.07) is 21.6. The third kappa shape index (κ3) is 4.59. The van der Waals surface area contributed by atoms with E-state index in [1.165, 1.54) is 35.6 Å². The van der Waals surface area contributed by atoms with Crippen molar-refractivity contribution in [2.45, 2.75) is 0 Å². The standard InChI is InChI=1S/C23H16FN3O2S/c24-18-10-6-17(7-11-18)22(29)27-23-26-20(14-30-23)15-8-12-19(13-9-15)25-21(28)16-4-2-1-3-5-16/h1-14H,(H,25,28)(H,26,27,29). The lowest BCUT2D eigenvalue weighted by Gasteiger charge is -2.06. The number of anilines is 2. The number of nitrogens with zero attached hydrogens (tertiary/aromatic N) is 1. The van der Waals surface area contributed by atoms with Gasteiger partial charge in [0, 0.05) is 27.8 Å². The molecule has 30 heavy (non-hydrogen) atoms. The van der Waals surface area contributed by atoms with Crippen LogP contribution in [0.25, 0.3) is 11.3 Å². The lowest BCUT2D eigenvalue weighted by Crippen LogP contribution is -2.11. The van der Waals surface area contributed by atoms with E-state index in [0.717, 1.165) is 5.56 Å². The average Bonchev–Trinajstić information content (AvgIpc) is 3.23. The van der Waals surface area contributed by atoms with Crippen molar-refractivity contribution in [3.8, 4) is 11.3 Å². The molecule has 2 N–H and O–H groups in total. The fraction of sp³-hybridized carbons (Fsp3) is 0. The lowest BCUT2D eigenvalue weighted by molar-refractivity contribution is 0.101. The molecule has 3 aromatic carbocycles. The van der Waals surface area contributed by atoms with Crippen LogP contribution in [0.4, 0.5) is 15.2 Å². The summed E-state index contributed by atoms with van der Waals surface area (Å²) in [7, 11) is 0. The zero-order chi connectivity index (χ0) is 20.9. The third-order valence-corrected chi connectivity index (χ3v) is 5.06. The summed E-state index contributed by atoms with van der Waals surface area (Å²) in [5.41, 5.74) is 3.17. The van der Waals surface area contributed by atoms with E-state index in [1.807, 2.05) is 35.7 Å². The molecule has 0 spiro atoms. The first-order valence-corrected chi connectivity index (χ1v) is 9.96. The van der Waals surface area contributed by atoms with Crippen LogP contribution in [-0.2, 0) is 0 Å². The van der Waals surface area contributed by atoms with E-state index in [-0.39, 0.29) is 11.8 Å². The Hall–Kier alpha value is -3.84. The highest BCUT2D eigenvalue weighted by atomic mass is 32.1. The Morgan fingerprint density at radius 2 is 1.40 bits per heavy atom. The van der Waals surface area contributed by atoms with Crippen LogP contribution in [0.3, 0.4) is 0 Å². The highest BCUT2D eigenvalue weighted by Crippen LogP contribution is 2.26. The Kier molecular flexibility index (Phi) is 5.63. The second kappa shape index (κ2) is 8.67. The van der Waals surface area contributed by atoms with Crippen LogP contribution >= 0.6 is 11.3 Å². The topological polar surface area (TPSA) is 71.1 Å². The van der Waals surface area contributed by atoms with E-state index in [0.29, 0.717) is 27.6 Å². The summed E-state index contributed by atoms with van der Waals surface area (Å²) >= 11 is 1.30. The SMILES string of the molecule is O=C(Nc1ccc(-c2csc(NC(=O)c3ccc(F)cc3)n2)cc1)c1ccccc1. The molecule has 0 unspecified atom stereocenters. The Morgan fingerprint density at radius 3 is 2.10 bits per heavy atom. The van der Waals surface area contributed by atoms with Crippen molar-refractivity contribution in [2.75, 3.05) is 10.6 Å². The molecule has 2 amide bonds. The summed E-state index contributed by atoms with van der Waals surface area (Å²) in [6.07, 6.45) is 0. The van der Waals surface area contributed by atoms with Gasteiger partial charge in [-0.1, -0.05) is 30.3 Å². The van der Waals surface area contributed by atoms with E-state index >= 15 is 0 Å². The first kappa shape index (κ1) is 19.5. The number of hydrogen-bond acceptors (Lipinski definition) is 4. The number of halogens is 1. The summed E-state index contributed by atoms with van der Waals surface area (Å²) < 4.78 is 13.0. The molecular formula is C23H16FN3O2S. The first-order valence-electron chi connectivity index (χ1n) is 9.08. The van der Waals surface area contributed by atoms with Gasteiger partial charge in [-0.3, -0.25) is 14.9 Å². The maximum Gasteiger partial charge on any atom is 0.257 e. The van der Waals surface area contributed by atoms with Gasteiger partial charge in [0.05, 0.1) is 5.69 Å². The van der Waals surface area contributed by atoms with E-state index < -0.39 is 5.82 Å². The molecule has 4 aromatic rings.